The van der Waals surface area contributed by atoms with Gasteiger partial charge in [0.25, 0.3) is 0 Å². The predicted octanol–water partition coefficient (Wildman–Crippen LogP) is 9.59. The molecule has 0 fully saturated rings. The number of fused-ring (bicyclic) bond motifs is 6. The molecule has 0 unspecified atom stereocenters. The van der Waals surface area contributed by atoms with Gasteiger partial charge in [0.1, 0.15) is 16.9 Å². The zero-order chi connectivity index (χ0) is 27.5. The Balaban J connectivity index is 1.31. The molecular formula is C37H22N2O2. The van der Waals surface area contributed by atoms with Gasteiger partial charge in [0.15, 0.2) is 0 Å². The van der Waals surface area contributed by atoms with Gasteiger partial charge < -0.3 is 14.1 Å². The van der Waals surface area contributed by atoms with E-state index in [1.54, 1.807) is 0 Å². The average molecular weight is 527 g/mol. The topological polar surface area (TPSA) is 62.1 Å². The number of benzene rings is 6. The summed E-state index contributed by atoms with van der Waals surface area (Å²) in [6.07, 6.45) is 0. The van der Waals surface area contributed by atoms with E-state index in [1.807, 2.05) is 91.0 Å². The summed E-state index contributed by atoms with van der Waals surface area (Å²) in [4.78, 5) is 0. The molecule has 8 aromatic rings. The number of hydrogen-bond acceptors (Lipinski definition) is 3. The number of aromatic hydroxyl groups is 1. The van der Waals surface area contributed by atoms with Crippen LogP contribution in [0.4, 0.5) is 0 Å². The molecule has 192 valence electrons. The van der Waals surface area contributed by atoms with Gasteiger partial charge in [0.2, 0.25) is 0 Å². The number of para-hydroxylation sites is 4. The number of aromatic nitrogens is 1. The van der Waals surface area contributed by atoms with Crippen LogP contribution in [0.1, 0.15) is 5.56 Å². The first-order valence-electron chi connectivity index (χ1n) is 13.5. The zero-order valence-corrected chi connectivity index (χ0v) is 21.9. The highest BCUT2D eigenvalue weighted by Gasteiger charge is 2.18. The van der Waals surface area contributed by atoms with E-state index in [0.29, 0.717) is 5.56 Å². The van der Waals surface area contributed by atoms with E-state index in [2.05, 4.69) is 47.0 Å². The van der Waals surface area contributed by atoms with Gasteiger partial charge in [0, 0.05) is 43.9 Å². The minimum Gasteiger partial charge on any atom is -0.507 e. The Morgan fingerprint density at radius 2 is 1.29 bits per heavy atom. The lowest BCUT2D eigenvalue weighted by Crippen LogP contribution is -1.94. The second-order valence-corrected chi connectivity index (χ2v) is 10.2. The van der Waals surface area contributed by atoms with Crippen molar-refractivity contribution in [3.05, 3.63) is 133 Å². The van der Waals surface area contributed by atoms with Crippen LogP contribution >= 0.6 is 0 Å². The van der Waals surface area contributed by atoms with Gasteiger partial charge in [-0.25, -0.2) is 0 Å². The SMILES string of the molecule is N#Cc1ccc2c(c1)c1ccccc1n2-c1cccc(-c2cccc(-c3cccc4c3oc3ccccc34)c2O)c1. The molecule has 4 nitrogen and oxygen atoms in total. The van der Waals surface area contributed by atoms with Crippen LogP contribution in [-0.4, -0.2) is 9.67 Å². The summed E-state index contributed by atoms with van der Waals surface area (Å²) < 4.78 is 8.48. The molecule has 0 radical (unpaired) electrons. The van der Waals surface area contributed by atoms with Crippen LogP contribution < -0.4 is 0 Å². The smallest absolute Gasteiger partial charge is 0.143 e. The molecule has 6 aromatic carbocycles. The van der Waals surface area contributed by atoms with Crippen molar-refractivity contribution in [2.75, 3.05) is 0 Å². The molecule has 2 aromatic heterocycles. The minimum atomic E-state index is 0.207. The van der Waals surface area contributed by atoms with E-state index in [4.69, 9.17) is 4.42 Å². The van der Waals surface area contributed by atoms with E-state index >= 15 is 0 Å². The van der Waals surface area contributed by atoms with Crippen molar-refractivity contribution < 1.29 is 9.52 Å². The quantitative estimate of drug-likeness (QED) is 0.249. The highest BCUT2D eigenvalue weighted by Crippen LogP contribution is 2.43. The Hall–Kier alpha value is -5.79. The number of hydrogen-bond donors (Lipinski definition) is 1. The van der Waals surface area contributed by atoms with Crippen LogP contribution in [0, 0.1) is 11.3 Å². The van der Waals surface area contributed by atoms with Crippen LogP contribution in [-0.2, 0) is 0 Å². The van der Waals surface area contributed by atoms with Gasteiger partial charge in [-0.1, -0.05) is 84.9 Å². The maximum Gasteiger partial charge on any atom is 0.143 e. The molecule has 0 bridgehead atoms. The highest BCUT2D eigenvalue weighted by atomic mass is 16.3. The van der Waals surface area contributed by atoms with Gasteiger partial charge in [-0.05, 0) is 48.0 Å². The Morgan fingerprint density at radius 1 is 0.585 bits per heavy atom. The fourth-order valence-corrected chi connectivity index (χ4v) is 6.09. The number of furan rings is 1. The van der Waals surface area contributed by atoms with E-state index in [0.717, 1.165) is 71.7 Å². The van der Waals surface area contributed by atoms with E-state index < -0.39 is 0 Å². The van der Waals surface area contributed by atoms with Crippen LogP contribution in [0.15, 0.2) is 132 Å². The molecular weight excluding hydrogens is 504 g/mol. The van der Waals surface area contributed by atoms with Gasteiger partial charge >= 0.3 is 0 Å². The van der Waals surface area contributed by atoms with E-state index in [-0.39, 0.29) is 5.75 Å². The van der Waals surface area contributed by atoms with Crippen molar-refractivity contribution in [2.24, 2.45) is 0 Å². The molecule has 8 rings (SSSR count). The summed E-state index contributed by atoms with van der Waals surface area (Å²) in [5.41, 5.74) is 8.49. The van der Waals surface area contributed by atoms with Crippen molar-refractivity contribution in [2.45, 2.75) is 0 Å². The van der Waals surface area contributed by atoms with Gasteiger partial charge in [-0.3, -0.25) is 0 Å². The van der Waals surface area contributed by atoms with E-state index in [9.17, 15) is 10.4 Å². The molecule has 0 amide bonds. The number of nitriles is 1. The molecule has 0 spiro atoms. The predicted molar refractivity (Wildman–Crippen MR) is 165 cm³/mol. The fourth-order valence-electron chi connectivity index (χ4n) is 6.09. The number of phenolic OH excluding ortho intramolecular Hbond substituents is 1. The van der Waals surface area contributed by atoms with Crippen molar-refractivity contribution >= 4 is 43.7 Å². The molecule has 1 N–H and O–H groups in total. The lowest BCUT2D eigenvalue weighted by Gasteiger charge is -2.13. The summed E-state index contributed by atoms with van der Waals surface area (Å²) in [6.45, 7) is 0. The normalized spacial score (nSPS) is 11.5. The maximum absolute atomic E-state index is 11.7. The summed E-state index contributed by atoms with van der Waals surface area (Å²) in [5, 5.41) is 25.4. The van der Waals surface area contributed by atoms with Crippen LogP contribution in [0.2, 0.25) is 0 Å². The molecule has 0 saturated heterocycles. The fraction of sp³-hybridized carbons (Fsp3) is 0. The third-order valence-corrected chi connectivity index (χ3v) is 7.95. The Kier molecular flexibility index (Phi) is 5.01. The third kappa shape index (κ3) is 3.46. The van der Waals surface area contributed by atoms with E-state index in [1.165, 1.54) is 0 Å². The Morgan fingerprint density at radius 3 is 2.20 bits per heavy atom. The second kappa shape index (κ2) is 8.87. The maximum atomic E-state index is 11.7. The van der Waals surface area contributed by atoms with Crippen molar-refractivity contribution in [3.63, 3.8) is 0 Å². The Labute approximate surface area is 235 Å². The highest BCUT2D eigenvalue weighted by molar-refractivity contribution is 6.11. The van der Waals surface area contributed by atoms with Gasteiger partial charge in [0.05, 0.1) is 22.7 Å². The molecule has 0 aliphatic rings. The van der Waals surface area contributed by atoms with Crippen LogP contribution in [0.5, 0.6) is 5.75 Å². The summed E-state index contributed by atoms with van der Waals surface area (Å²) in [7, 11) is 0. The first kappa shape index (κ1) is 23.1. The molecule has 0 saturated carbocycles. The standard InChI is InChI=1S/C37H22N2O2/c38-22-23-18-19-34-32(20-23)27-10-1-3-16-33(27)39(34)25-9-5-8-24(21-25)26-12-6-13-29(36(26)40)31-15-7-14-30-28-11-2-4-17-35(28)41-37(30)31/h1-21,40H. The molecule has 0 atom stereocenters. The molecule has 0 aliphatic carbocycles. The average Bonchev–Trinajstić information content (AvgIpc) is 3.57. The van der Waals surface area contributed by atoms with Gasteiger partial charge in [-0.2, -0.15) is 5.26 Å². The lowest BCUT2D eigenvalue weighted by molar-refractivity contribution is 0.479. The first-order chi connectivity index (χ1) is 20.2. The monoisotopic (exact) mass is 526 g/mol. The lowest BCUT2D eigenvalue weighted by atomic mass is 9.96. The second-order valence-electron chi connectivity index (χ2n) is 10.2. The number of nitrogens with zero attached hydrogens (tertiary/aromatic N) is 2. The number of phenols is 1. The van der Waals surface area contributed by atoms with Crippen LogP contribution in [0.25, 0.3) is 71.7 Å². The van der Waals surface area contributed by atoms with Gasteiger partial charge in [-0.15, -0.1) is 0 Å². The molecule has 2 heterocycles. The summed E-state index contributed by atoms with van der Waals surface area (Å²) in [6, 6.07) is 44.4. The molecule has 41 heavy (non-hydrogen) atoms. The molecule has 0 aliphatic heterocycles. The largest absolute Gasteiger partial charge is 0.507 e. The summed E-state index contributed by atoms with van der Waals surface area (Å²) >= 11 is 0. The third-order valence-electron chi connectivity index (χ3n) is 7.95. The van der Waals surface area contributed by atoms with Crippen LogP contribution in [0.3, 0.4) is 0 Å². The number of rotatable bonds is 3. The molecule has 4 heteroatoms. The van der Waals surface area contributed by atoms with Crippen molar-refractivity contribution in [3.8, 4) is 39.8 Å². The van der Waals surface area contributed by atoms with Crippen molar-refractivity contribution in [1.82, 2.24) is 4.57 Å². The zero-order valence-electron chi connectivity index (χ0n) is 21.9. The Bertz CT molecular complexity index is 2350. The first-order valence-corrected chi connectivity index (χ1v) is 13.5. The van der Waals surface area contributed by atoms with Crippen molar-refractivity contribution in [1.29, 1.82) is 5.26 Å². The minimum absolute atomic E-state index is 0.207. The summed E-state index contributed by atoms with van der Waals surface area (Å²) in [5.74, 6) is 0.207.